The fraction of sp³-hybridized carbons (Fsp3) is 0.105. The molecule has 1 saturated heterocycles. The van der Waals surface area contributed by atoms with Crippen LogP contribution in [-0.2, 0) is 16.1 Å². The molecule has 1 aliphatic rings. The number of benzene rings is 2. The number of amides is 1. The molecule has 2 aromatic rings. The van der Waals surface area contributed by atoms with E-state index < -0.39 is 12.6 Å². The van der Waals surface area contributed by atoms with Crippen LogP contribution in [0.25, 0.3) is 6.08 Å². The van der Waals surface area contributed by atoms with Gasteiger partial charge in [0.1, 0.15) is 10.1 Å². The fourth-order valence-electron chi connectivity index (χ4n) is 2.36. The summed E-state index contributed by atoms with van der Waals surface area (Å²) >= 11 is 6.62. The largest absolute Gasteiger partial charge is 0.482 e. The van der Waals surface area contributed by atoms with Crippen molar-refractivity contribution in [3.05, 3.63) is 70.6 Å². The van der Waals surface area contributed by atoms with Gasteiger partial charge in [0.05, 0.1) is 11.4 Å². The van der Waals surface area contributed by atoms with E-state index in [-0.39, 0.29) is 5.91 Å². The molecule has 0 atom stereocenters. The standard InChI is InChI=1S/C19H15NO4S2/c21-17(22)12-24-15-8-6-13(7-9-15)10-16-18(23)20(19(25)26-16)11-14-4-2-1-3-5-14/h1-10H,11-12H2,(H,21,22). The van der Waals surface area contributed by atoms with Crippen molar-refractivity contribution in [2.24, 2.45) is 0 Å². The molecule has 1 aliphatic heterocycles. The van der Waals surface area contributed by atoms with Crippen LogP contribution >= 0.6 is 24.0 Å². The first-order chi connectivity index (χ1) is 12.5. The Kier molecular flexibility index (Phi) is 5.70. The molecule has 1 fully saturated rings. The Morgan fingerprint density at radius 3 is 2.50 bits per heavy atom. The number of nitrogens with zero attached hydrogens (tertiary/aromatic N) is 1. The van der Waals surface area contributed by atoms with Gasteiger partial charge in [-0.05, 0) is 29.3 Å². The van der Waals surface area contributed by atoms with Crippen molar-refractivity contribution in [1.29, 1.82) is 0 Å². The number of carboxylic acids is 1. The molecule has 1 N–H and O–H groups in total. The van der Waals surface area contributed by atoms with Crippen LogP contribution in [0.4, 0.5) is 0 Å². The molecule has 0 radical (unpaired) electrons. The molecule has 1 heterocycles. The van der Waals surface area contributed by atoms with Gasteiger partial charge < -0.3 is 9.84 Å². The average molecular weight is 385 g/mol. The Balaban J connectivity index is 1.70. The van der Waals surface area contributed by atoms with E-state index in [1.165, 1.54) is 11.8 Å². The van der Waals surface area contributed by atoms with Crippen LogP contribution in [0.1, 0.15) is 11.1 Å². The molecule has 7 heteroatoms. The third-order valence-electron chi connectivity index (χ3n) is 3.60. The maximum Gasteiger partial charge on any atom is 0.341 e. The minimum Gasteiger partial charge on any atom is -0.482 e. The smallest absolute Gasteiger partial charge is 0.341 e. The third kappa shape index (κ3) is 4.50. The van der Waals surface area contributed by atoms with Crippen molar-refractivity contribution in [2.45, 2.75) is 6.54 Å². The SMILES string of the molecule is O=C(O)COc1ccc(C=C2SC(=S)N(Cc3ccccc3)C2=O)cc1. The van der Waals surface area contributed by atoms with E-state index in [4.69, 9.17) is 22.1 Å². The predicted octanol–water partition coefficient (Wildman–Crippen LogP) is 3.55. The van der Waals surface area contributed by atoms with Gasteiger partial charge in [-0.25, -0.2) is 4.79 Å². The van der Waals surface area contributed by atoms with Gasteiger partial charge in [0.15, 0.2) is 6.61 Å². The maximum absolute atomic E-state index is 12.6. The third-order valence-corrected chi connectivity index (χ3v) is 4.98. The van der Waals surface area contributed by atoms with E-state index >= 15 is 0 Å². The molecule has 2 aromatic carbocycles. The Morgan fingerprint density at radius 1 is 1.15 bits per heavy atom. The van der Waals surface area contributed by atoms with Crippen LogP contribution in [0.3, 0.4) is 0 Å². The number of aliphatic carboxylic acids is 1. The van der Waals surface area contributed by atoms with Crippen molar-refractivity contribution in [3.8, 4) is 5.75 Å². The van der Waals surface area contributed by atoms with E-state index in [1.807, 2.05) is 30.3 Å². The summed E-state index contributed by atoms with van der Waals surface area (Å²) in [5.74, 6) is -0.688. The second-order valence-electron chi connectivity index (χ2n) is 5.50. The van der Waals surface area contributed by atoms with E-state index in [9.17, 15) is 9.59 Å². The molecule has 3 rings (SSSR count). The van der Waals surface area contributed by atoms with E-state index in [2.05, 4.69) is 0 Å². The lowest BCUT2D eigenvalue weighted by atomic mass is 10.2. The van der Waals surface area contributed by atoms with Crippen LogP contribution in [0.15, 0.2) is 59.5 Å². The van der Waals surface area contributed by atoms with Gasteiger partial charge in [0.25, 0.3) is 5.91 Å². The van der Waals surface area contributed by atoms with Crippen LogP contribution in [0.2, 0.25) is 0 Å². The summed E-state index contributed by atoms with van der Waals surface area (Å²) in [6.45, 7) is 0.0578. The summed E-state index contributed by atoms with van der Waals surface area (Å²) in [5, 5.41) is 8.61. The molecule has 0 spiro atoms. The summed E-state index contributed by atoms with van der Waals surface area (Å²) in [6, 6.07) is 16.6. The van der Waals surface area contributed by atoms with Crippen molar-refractivity contribution >= 4 is 46.3 Å². The summed E-state index contributed by atoms with van der Waals surface area (Å²) < 4.78 is 5.63. The highest BCUT2D eigenvalue weighted by atomic mass is 32.2. The molecule has 26 heavy (non-hydrogen) atoms. The minimum atomic E-state index is -1.03. The van der Waals surface area contributed by atoms with Gasteiger partial charge in [0, 0.05) is 0 Å². The first-order valence-electron chi connectivity index (χ1n) is 7.77. The lowest BCUT2D eigenvalue weighted by Crippen LogP contribution is -2.27. The molecule has 5 nitrogen and oxygen atoms in total. The lowest BCUT2D eigenvalue weighted by molar-refractivity contribution is -0.139. The number of carboxylic acid groups (broad SMARTS) is 1. The molecule has 0 saturated carbocycles. The quantitative estimate of drug-likeness (QED) is 0.606. The molecule has 132 valence electrons. The van der Waals surface area contributed by atoms with E-state index in [1.54, 1.807) is 35.2 Å². The zero-order valence-corrected chi connectivity index (χ0v) is 15.3. The van der Waals surface area contributed by atoms with Crippen molar-refractivity contribution < 1.29 is 19.4 Å². The fourth-order valence-corrected chi connectivity index (χ4v) is 3.61. The van der Waals surface area contributed by atoms with Gasteiger partial charge in [0.2, 0.25) is 0 Å². The maximum atomic E-state index is 12.6. The normalized spacial score (nSPS) is 15.5. The summed E-state index contributed by atoms with van der Waals surface area (Å²) in [6.07, 6.45) is 1.77. The lowest BCUT2D eigenvalue weighted by Gasteiger charge is -2.14. The number of carbonyl (C=O) groups is 2. The molecular formula is C19H15NO4S2. The Bertz CT molecular complexity index is 863. The number of rotatable bonds is 6. The van der Waals surface area contributed by atoms with Gasteiger partial charge in [-0.1, -0.05) is 66.4 Å². The van der Waals surface area contributed by atoms with Gasteiger partial charge in [-0.2, -0.15) is 0 Å². The number of thiocarbonyl (C=S) groups is 1. The highest BCUT2D eigenvalue weighted by Gasteiger charge is 2.31. The van der Waals surface area contributed by atoms with Gasteiger partial charge >= 0.3 is 5.97 Å². The van der Waals surface area contributed by atoms with Gasteiger partial charge in [-0.3, -0.25) is 9.69 Å². The molecular weight excluding hydrogens is 370 g/mol. The monoisotopic (exact) mass is 385 g/mol. The van der Waals surface area contributed by atoms with E-state index in [0.717, 1.165) is 11.1 Å². The molecule has 0 aromatic heterocycles. The Morgan fingerprint density at radius 2 is 1.85 bits per heavy atom. The highest BCUT2D eigenvalue weighted by Crippen LogP contribution is 2.33. The highest BCUT2D eigenvalue weighted by molar-refractivity contribution is 8.26. The van der Waals surface area contributed by atoms with Crippen molar-refractivity contribution in [2.75, 3.05) is 6.61 Å². The second-order valence-corrected chi connectivity index (χ2v) is 7.18. The molecule has 1 amide bonds. The molecule has 0 bridgehead atoms. The van der Waals surface area contributed by atoms with Crippen molar-refractivity contribution in [3.63, 3.8) is 0 Å². The molecule has 0 aliphatic carbocycles. The van der Waals surface area contributed by atoms with Crippen LogP contribution in [0, 0.1) is 0 Å². The average Bonchev–Trinajstić information content (AvgIpc) is 2.89. The second kappa shape index (κ2) is 8.16. The predicted molar refractivity (Wildman–Crippen MR) is 105 cm³/mol. The summed E-state index contributed by atoms with van der Waals surface area (Å²) in [5.41, 5.74) is 1.83. The molecule has 0 unspecified atom stereocenters. The Hall–Kier alpha value is -2.64. The Labute approximate surface area is 160 Å². The zero-order valence-electron chi connectivity index (χ0n) is 13.6. The van der Waals surface area contributed by atoms with Crippen LogP contribution in [0.5, 0.6) is 5.75 Å². The van der Waals surface area contributed by atoms with Crippen molar-refractivity contribution in [1.82, 2.24) is 4.90 Å². The first kappa shape index (κ1) is 18.2. The minimum absolute atomic E-state index is 0.116. The topological polar surface area (TPSA) is 66.8 Å². The number of carbonyl (C=O) groups excluding carboxylic acids is 1. The zero-order chi connectivity index (χ0) is 18.5. The first-order valence-corrected chi connectivity index (χ1v) is 8.99. The summed E-state index contributed by atoms with van der Waals surface area (Å²) in [4.78, 5) is 25.3. The number of ether oxygens (including phenoxy) is 1. The van der Waals surface area contributed by atoms with Crippen LogP contribution < -0.4 is 4.74 Å². The van der Waals surface area contributed by atoms with E-state index in [0.29, 0.717) is 21.5 Å². The summed E-state index contributed by atoms with van der Waals surface area (Å²) in [7, 11) is 0. The number of hydrogen-bond donors (Lipinski definition) is 1. The van der Waals surface area contributed by atoms with Crippen LogP contribution in [-0.4, -0.2) is 32.8 Å². The number of hydrogen-bond acceptors (Lipinski definition) is 5. The number of thioether (sulfide) groups is 1. The van der Waals surface area contributed by atoms with Gasteiger partial charge in [-0.15, -0.1) is 0 Å².